The largest absolute Gasteiger partial charge is 0.508 e. The highest BCUT2D eigenvalue weighted by Crippen LogP contribution is 2.36. The number of methoxy groups -OCH3 is 1. The molecular formula is C20H23NO4. The lowest BCUT2D eigenvalue weighted by molar-refractivity contribution is -0.143. The van der Waals surface area contributed by atoms with E-state index in [0.717, 1.165) is 24.0 Å². The number of piperidine rings is 1. The zero-order chi connectivity index (χ0) is 17.8. The quantitative estimate of drug-likeness (QED) is 0.896. The molecule has 1 heterocycles. The summed E-state index contributed by atoms with van der Waals surface area (Å²) in [7, 11) is 1.55. The van der Waals surface area contributed by atoms with Gasteiger partial charge in [-0.3, -0.25) is 4.79 Å². The second-order valence-electron chi connectivity index (χ2n) is 6.37. The van der Waals surface area contributed by atoms with Gasteiger partial charge in [-0.1, -0.05) is 36.4 Å². The van der Waals surface area contributed by atoms with Crippen LogP contribution in [0.25, 0.3) is 0 Å². The van der Waals surface area contributed by atoms with Crippen LogP contribution in [-0.2, 0) is 9.53 Å². The second-order valence-corrected chi connectivity index (χ2v) is 6.37. The van der Waals surface area contributed by atoms with Crippen LogP contribution in [0.3, 0.4) is 0 Å². The van der Waals surface area contributed by atoms with E-state index in [0.29, 0.717) is 13.1 Å². The first-order chi connectivity index (χ1) is 12.1. The Kier molecular flexibility index (Phi) is 5.24. The molecule has 1 amide bonds. The van der Waals surface area contributed by atoms with Gasteiger partial charge in [-0.2, -0.15) is 0 Å². The predicted octanol–water partition coefficient (Wildman–Crippen LogP) is 3.19. The van der Waals surface area contributed by atoms with Crippen molar-refractivity contribution in [3.8, 4) is 11.5 Å². The molecule has 0 radical (unpaired) electrons. The molecular weight excluding hydrogens is 318 g/mol. The molecule has 1 aliphatic heterocycles. The summed E-state index contributed by atoms with van der Waals surface area (Å²) in [5, 5.41) is 19.5. The first-order valence-corrected chi connectivity index (χ1v) is 8.48. The SMILES string of the molecule is COC(C(=O)N1CCC(c2ccc(O)cc2O)CC1)c1ccccc1. The van der Waals surface area contributed by atoms with E-state index in [1.165, 1.54) is 6.07 Å². The summed E-state index contributed by atoms with van der Waals surface area (Å²) in [6.07, 6.45) is 0.963. The summed E-state index contributed by atoms with van der Waals surface area (Å²) in [5.74, 6) is 0.327. The van der Waals surface area contributed by atoms with Crippen LogP contribution in [0.4, 0.5) is 0 Å². The molecule has 2 N–H and O–H groups in total. The third-order valence-corrected chi connectivity index (χ3v) is 4.82. The number of rotatable bonds is 4. The van der Waals surface area contributed by atoms with E-state index in [2.05, 4.69) is 0 Å². The lowest BCUT2D eigenvalue weighted by Gasteiger charge is -2.34. The monoisotopic (exact) mass is 341 g/mol. The number of aromatic hydroxyl groups is 2. The highest BCUT2D eigenvalue weighted by atomic mass is 16.5. The van der Waals surface area contributed by atoms with Gasteiger partial charge in [0, 0.05) is 26.3 Å². The molecule has 0 aliphatic carbocycles. The zero-order valence-corrected chi connectivity index (χ0v) is 14.3. The molecule has 5 nitrogen and oxygen atoms in total. The molecule has 2 aromatic carbocycles. The number of amides is 1. The fraction of sp³-hybridized carbons (Fsp3) is 0.350. The average Bonchev–Trinajstić information content (AvgIpc) is 2.63. The van der Waals surface area contributed by atoms with Crippen LogP contribution in [-0.4, -0.2) is 41.2 Å². The van der Waals surface area contributed by atoms with E-state index in [9.17, 15) is 15.0 Å². The molecule has 0 saturated carbocycles. The lowest BCUT2D eigenvalue weighted by atomic mass is 9.88. The molecule has 1 unspecified atom stereocenters. The molecule has 0 bridgehead atoms. The number of phenolic OH excluding ortho intramolecular Hbond substituents is 2. The Morgan fingerprint density at radius 2 is 1.80 bits per heavy atom. The van der Waals surface area contributed by atoms with Gasteiger partial charge in [0.05, 0.1) is 0 Å². The zero-order valence-electron chi connectivity index (χ0n) is 14.3. The van der Waals surface area contributed by atoms with Gasteiger partial charge in [0.15, 0.2) is 6.10 Å². The van der Waals surface area contributed by atoms with Gasteiger partial charge in [0.2, 0.25) is 0 Å². The molecule has 3 rings (SSSR count). The van der Waals surface area contributed by atoms with E-state index in [4.69, 9.17) is 4.74 Å². The van der Waals surface area contributed by atoms with Crippen molar-refractivity contribution in [1.29, 1.82) is 0 Å². The number of likely N-dealkylation sites (tertiary alicyclic amines) is 1. The molecule has 0 aromatic heterocycles. The Hall–Kier alpha value is -2.53. The Bertz CT molecular complexity index is 724. The Morgan fingerprint density at radius 3 is 2.40 bits per heavy atom. The van der Waals surface area contributed by atoms with Gasteiger partial charge in [-0.15, -0.1) is 0 Å². The van der Waals surface area contributed by atoms with Gasteiger partial charge in [0.25, 0.3) is 5.91 Å². The smallest absolute Gasteiger partial charge is 0.256 e. The number of hydrogen-bond acceptors (Lipinski definition) is 4. The topological polar surface area (TPSA) is 70.0 Å². The van der Waals surface area contributed by atoms with Crippen LogP contribution in [0.2, 0.25) is 0 Å². The number of carbonyl (C=O) groups excluding carboxylic acids is 1. The summed E-state index contributed by atoms with van der Waals surface area (Å²) in [6, 6.07) is 14.2. The predicted molar refractivity (Wildman–Crippen MR) is 94.5 cm³/mol. The highest BCUT2D eigenvalue weighted by molar-refractivity contribution is 5.82. The summed E-state index contributed by atoms with van der Waals surface area (Å²) < 4.78 is 5.44. The van der Waals surface area contributed by atoms with Crippen molar-refractivity contribution in [3.05, 3.63) is 59.7 Å². The molecule has 5 heteroatoms. The number of benzene rings is 2. The summed E-state index contributed by atoms with van der Waals surface area (Å²) in [5.41, 5.74) is 1.68. The van der Waals surface area contributed by atoms with E-state index >= 15 is 0 Å². The average molecular weight is 341 g/mol. The van der Waals surface area contributed by atoms with Crippen molar-refractivity contribution in [2.45, 2.75) is 24.9 Å². The van der Waals surface area contributed by atoms with E-state index in [-0.39, 0.29) is 23.3 Å². The maximum atomic E-state index is 12.8. The van der Waals surface area contributed by atoms with E-state index < -0.39 is 6.10 Å². The van der Waals surface area contributed by atoms with Gasteiger partial charge < -0.3 is 19.8 Å². The van der Waals surface area contributed by atoms with Crippen molar-refractivity contribution in [2.24, 2.45) is 0 Å². The molecule has 1 atom stereocenters. The number of carbonyl (C=O) groups is 1. The Morgan fingerprint density at radius 1 is 1.12 bits per heavy atom. The molecule has 1 fully saturated rings. The Labute approximate surface area is 147 Å². The van der Waals surface area contributed by atoms with Crippen LogP contribution in [0, 0.1) is 0 Å². The highest BCUT2D eigenvalue weighted by Gasteiger charge is 2.30. The second kappa shape index (κ2) is 7.57. The molecule has 132 valence electrons. The van der Waals surface area contributed by atoms with Gasteiger partial charge >= 0.3 is 0 Å². The number of hydrogen-bond donors (Lipinski definition) is 2. The maximum Gasteiger partial charge on any atom is 0.256 e. The fourth-order valence-corrected chi connectivity index (χ4v) is 3.46. The summed E-state index contributed by atoms with van der Waals surface area (Å²) in [4.78, 5) is 14.6. The van der Waals surface area contributed by atoms with Crippen LogP contribution in [0.1, 0.15) is 36.0 Å². The molecule has 1 aliphatic rings. The first-order valence-electron chi connectivity index (χ1n) is 8.48. The number of nitrogens with zero attached hydrogens (tertiary/aromatic N) is 1. The van der Waals surface area contributed by atoms with Crippen molar-refractivity contribution in [3.63, 3.8) is 0 Å². The molecule has 0 spiro atoms. The van der Waals surface area contributed by atoms with Crippen LogP contribution in [0.5, 0.6) is 11.5 Å². The van der Waals surface area contributed by atoms with Crippen molar-refractivity contribution >= 4 is 5.91 Å². The van der Waals surface area contributed by atoms with E-state index in [1.54, 1.807) is 19.2 Å². The number of ether oxygens (including phenoxy) is 1. The third kappa shape index (κ3) is 3.77. The standard InChI is InChI=1S/C20H23NO4/c1-25-19(15-5-3-2-4-6-15)20(24)21-11-9-14(10-12-21)17-8-7-16(22)13-18(17)23/h2-8,13-14,19,22-23H,9-12H2,1H3. The normalized spacial score (nSPS) is 16.6. The Balaban J connectivity index is 1.66. The third-order valence-electron chi connectivity index (χ3n) is 4.82. The molecule has 1 saturated heterocycles. The minimum Gasteiger partial charge on any atom is -0.508 e. The molecule has 2 aromatic rings. The van der Waals surface area contributed by atoms with Crippen LogP contribution in [0.15, 0.2) is 48.5 Å². The van der Waals surface area contributed by atoms with Crippen molar-refractivity contribution in [2.75, 3.05) is 20.2 Å². The minimum absolute atomic E-state index is 0.0259. The van der Waals surface area contributed by atoms with Crippen molar-refractivity contribution < 1.29 is 19.7 Å². The van der Waals surface area contributed by atoms with Crippen LogP contribution < -0.4 is 0 Å². The minimum atomic E-state index is -0.583. The lowest BCUT2D eigenvalue weighted by Crippen LogP contribution is -2.41. The van der Waals surface area contributed by atoms with Gasteiger partial charge in [-0.05, 0) is 36.0 Å². The van der Waals surface area contributed by atoms with Crippen molar-refractivity contribution in [1.82, 2.24) is 4.90 Å². The van der Waals surface area contributed by atoms with Crippen LogP contribution >= 0.6 is 0 Å². The fourth-order valence-electron chi connectivity index (χ4n) is 3.46. The summed E-state index contributed by atoms with van der Waals surface area (Å²) in [6.45, 7) is 1.24. The van der Waals surface area contributed by atoms with E-state index in [1.807, 2.05) is 35.2 Å². The summed E-state index contributed by atoms with van der Waals surface area (Å²) >= 11 is 0. The van der Waals surface area contributed by atoms with Gasteiger partial charge in [-0.25, -0.2) is 0 Å². The number of phenols is 2. The van der Waals surface area contributed by atoms with Gasteiger partial charge in [0.1, 0.15) is 11.5 Å². The maximum absolute atomic E-state index is 12.8. The first kappa shape index (κ1) is 17.3. The molecule has 25 heavy (non-hydrogen) atoms.